The van der Waals surface area contributed by atoms with Crippen LogP contribution < -0.4 is 10.1 Å². The number of rotatable bonds is 9. The fraction of sp³-hybridized carbons (Fsp3) is 0.647. The fourth-order valence-corrected chi connectivity index (χ4v) is 2.89. The normalized spacial score (nSPS) is 14.1. The third-order valence-electron chi connectivity index (χ3n) is 3.63. The Bertz CT molecular complexity index is 395. The van der Waals surface area contributed by atoms with Crippen LogP contribution in [0.3, 0.4) is 0 Å². The van der Waals surface area contributed by atoms with Crippen LogP contribution in [0.4, 0.5) is 0 Å². The summed E-state index contributed by atoms with van der Waals surface area (Å²) in [6, 6.07) is 6.75. The number of hydrogen-bond donors (Lipinski definition) is 1. The van der Waals surface area contributed by atoms with Gasteiger partial charge in [0.15, 0.2) is 0 Å². The standard InChI is InChI=1S/C17H28BrNO/c1-5-10-19-17(11-13(4)6-2)15-9-8-14(20-7-3)12-16(15)18/h8-9,12-13,17,19H,5-7,10-11H2,1-4H3. The molecule has 0 spiro atoms. The Morgan fingerprint density at radius 3 is 2.55 bits per heavy atom. The number of hydrogen-bond acceptors (Lipinski definition) is 2. The summed E-state index contributed by atoms with van der Waals surface area (Å²) in [7, 11) is 0. The molecule has 0 heterocycles. The summed E-state index contributed by atoms with van der Waals surface area (Å²) in [6.45, 7) is 10.6. The maximum atomic E-state index is 5.55. The Balaban J connectivity index is 2.88. The maximum Gasteiger partial charge on any atom is 0.120 e. The van der Waals surface area contributed by atoms with Crippen molar-refractivity contribution >= 4 is 15.9 Å². The predicted octanol–water partition coefficient (Wildman–Crippen LogP) is 5.32. The lowest BCUT2D eigenvalue weighted by Gasteiger charge is -2.23. The van der Waals surface area contributed by atoms with E-state index in [-0.39, 0.29) is 0 Å². The molecule has 0 bridgehead atoms. The monoisotopic (exact) mass is 341 g/mol. The Morgan fingerprint density at radius 1 is 1.25 bits per heavy atom. The van der Waals surface area contributed by atoms with Gasteiger partial charge in [0.1, 0.15) is 5.75 Å². The lowest BCUT2D eigenvalue weighted by Crippen LogP contribution is -2.24. The van der Waals surface area contributed by atoms with Gasteiger partial charge < -0.3 is 10.1 Å². The van der Waals surface area contributed by atoms with E-state index in [2.05, 4.69) is 60.2 Å². The summed E-state index contributed by atoms with van der Waals surface area (Å²) < 4.78 is 6.69. The summed E-state index contributed by atoms with van der Waals surface area (Å²) in [4.78, 5) is 0. The minimum atomic E-state index is 0.412. The van der Waals surface area contributed by atoms with E-state index in [0.29, 0.717) is 12.6 Å². The van der Waals surface area contributed by atoms with Crippen molar-refractivity contribution in [2.45, 2.75) is 53.0 Å². The maximum absolute atomic E-state index is 5.55. The molecule has 1 aromatic carbocycles. The molecule has 2 unspecified atom stereocenters. The lowest BCUT2D eigenvalue weighted by atomic mass is 9.94. The topological polar surface area (TPSA) is 21.3 Å². The van der Waals surface area contributed by atoms with Crippen molar-refractivity contribution < 1.29 is 4.74 Å². The molecule has 20 heavy (non-hydrogen) atoms. The van der Waals surface area contributed by atoms with Crippen molar-refractivity contribution in [2.75, 3.05) is 13.2 Å². The van der Waals surface area contributed by atoms with E-state index in [1.165, 1.54) is 18.4 Å². The zero-order valence-electron chi connectivity index (χ0n) is 13.2. The Hall–Kier alpha value is -0.540. The molecule has 0 fully saturated rings. The van der Waals surface area contributed by atoms with Gasteiger partial charge in [0, 0.05) is 10.5 Å². The van der Waals surface area contributed by atoms with E-state index >= 15 is 0 Å². The number of halogens is 1. The summed E-state index contributed by atoms with van der Waals surface area (Å²) in [6.07, 6.45) is 3.55. The van der Waals surface area contributed by atoms with Gasteiger partial charge in [-0.25, -0.2) is 0 Å². The summed E-state index contributed by atoms with van der Waals surface area (Å²) in [5.74, 6) is 1.66. The summed E-state index contributed by atoms with van der Waals surface area (Å²) in [5.41, 5.74) is 1.34. The van der Waals surface area contributed by atoms with Gasteiger partial charge in [-0.05, 0) is 49.9 Å². The molecule has 3 heteroatoms. The zero-order valence-corrected chi connectivity index (χ0v) is 14.8. The average molecular weight is 342 g/mol. The van der Waals surface area contributed by atoms with Crippen LogP contribution in [0.1, 0.15) is 58.6 Å². The van der Waals surface area contributed by atoms with E-state index in [1.807, 2.05) is 6.92 Å². The molecule has 1 N–H and O–H groups in total. The molecule has 0 saturated carbocycles. The molecule has 114 valence electrons. The van der Waals surface area contributed by atoms with Crippen molar-refractivity contribution in [3.63, 3.8) is 0 Å². The largest absolute Gasteiger partial charge is 0.494 e. The first-order chi connectivity index (χ1) is 9.62. The molecule has 0 amide bonds. The quantitative estimate of drug-likeness (QED) is 0.655. The highest BCUT2D eigenvalue weighted by Crippen LogP contribution is 2.31. The SMILES string of the molecule is CCCNC(CC(C)CC)c1ccc(OCC)cc1Br. The van der Waals surface area contributed by atoms with E-state index in [1.54, 1.807) is 0 Å². The minimum Gasteiger partial charge on any atom is -0.494 e. The van der Waals surface area contributed by atoms with E-state index in [9.17, 15) is 0 Å². The third-order valence-corrected chi connectivity index (χ3v) is 4.32. The second-order valence-corrected chi connectivity index (χ2v) is 6.23. The molecule has 0 aliphatic carbocycles. The first-order valence-electron chi connectivity index (χ1n) is 7.77. The molecule has 2 nitrogen and oxygen atoms in total. The van der Waals surface area contributed by atoms with Crippen LogP contribution in [0.15, 0.2) is 22.7 Å². The van der Waals surface area contributed by atoms with Crippen LogP contribution in [0.5, 0.6) is 5.75 Å². The molecular weight excluding hydrogens is 314 g/mol. The molecule has 0 aliphatic heterocycles. The van der Waals surface area contributed by atoms with Gasteiger partial charge in [0.25, 0.3) is 0 Å². The van der Waals surface area contributed by atoms with Crippen LogP contribution in [0.2, 0.25) is 0 Å². The lowest BCUT2D eigenvalue weighted by molar-refractivity contribution is 0.339. The van der Waals surface area contributed by atoms with Crippen molar-refractivity contribution in [1.29, 1.82) is 0 Å². The number of nitrogens with one attached hydrogen (secondary N) is 1. The number of ether oxygens (including phenoxy) is 1. The fourth-order valence-electron chi connectivity index (χ4n) is 2.25. The third kappa shape index (κ3) is 5.45. The van der Waals surface area contributed by atoms with E-state index < -0.39 is 0 Å². The predicted molar refractivity (Wildman–Crippen MR) is 90.4 cm³/mol. The van der Waals surface area contributed by atoms with Crippen LogP contribution in [-0.2, 0) is 0 Å². The van der Waals surface area contributed by atoms with Crippen LogP contribution in [-0.4, -0.2) is 13.2 Å². The van der Waals surface area contributed by atoms with Gasteiger partial charge in [-0.3, -0.25) is 0 Å². The van der Waals surface area contributed by atoms with Crippen molar-refractivity contribution in [1.82, 2.24) is 5.32 Å². The highest BCUT2D eigenvalue weighted by Gasteiger charge is 2.17. The van der Waals surface area contributed by atoms with E-state index in [4.69, 9.17) is 4.74 Å². The highest BCUT2D eigenvalue weighted by atomic mass is 79.9. The molecule has 0 aliphatic rings. The molecule has 0 saturated heterocycles. The second-order valence-electron chi connectivity index (χ2n) is 5.37. The summed E-state index contributed by atoms with van der Waals surface area (Å²) >= 11 is 3.70. The van der Waals surface area contributed by atoms with E-state index in [0.717, 1.165) is 29.1 Å². The summed E-state index contributed by atoms with van der Waals surface area (Å²) in [5, 5.41) is 3.67. The molecule has 0 radical (unpaired) electrons. The molecular formula is C17H28BrNO. The average Bonchev–Trinajstić information content (AvgIpc) is 2.44. The molecule has 2 atom stereocenters. The second kappa shape index (κ2) is 9.41. The minimum absolute atomic E-state index is 0.412. The van der Waals surface area contributed by atoms with Gasteiger partial charge in [0.2, 0.25) is 0 Å². The van der Waals surface area contributed by atoms with Crippen LogP contribution >= 0.6 is 15.9 Å². The van der Waals surface area contributed by atoms with Gasteiger partial charge in [-0.1, -0.05) is 49.2 Å². The number of benzene rings is 1. The van der Waals surface area contributed by atoms with Gasteiger partial charge in [-0.15, -0.1) is 0 Å². The van der Waals surface area contributed by atoms with Gasteiger partial charge in [0.05, 0.1) is 6.61 Å². The van der Waals surface area contributed by atoms with Crippen molar-refractivity contribution in [2.24, 2.45) is 5.92 Å². The van der Waals surface area contributed by atoms with Crippen molar-refractivity contribution in [3.05, 3.63) is 28.2 Å². The van der Waals surface area contributed by atoms with Crippen LogP contribution in [0, 0.1) is 5.92 Å². The van der Waals surface area contributed by atoms with Gasteiger partial charge in [-0.2, -0.15) is 0 Å². The zero-order chi connectivity index (χ0) is 15.0. The molecule has 1 aromatic rings. The Morgan fingerprint density at radius 2 is 2.00 bits per heavy atom. The van der Waals surface area contributed by atoms with Crippen molar-refractivity contribution in [3.8, 4) is 5.75 Å². The van der Waals surface area contributed by atoms with Gasteiger partial charge >= 0.3 is 0 Å². The first-order valence-corrected chi connectivity index (χ1v) is 8.57. The Labute approximate surface area is 132 Å². The molecule has 1 rings (SSSR count). The highest BCUT2D eigenvalue weighted by molar-refractivity contribution is 9.10. The Kier molecular flexibility index (Phi) is 8.24. The molecule has 0 aromatic heterocycles. The first kappa shape index (κ1) is 17.5. The van der Waals surface area contributed by atoms with Crippen LogP contribution in [0.25, 0.3) is 0 Å². The smallest absolute Gasteiger partial charge is 0.120 e.